The van der Waals surface area contributed by atoms with Gasteiger partial charge < -0.3 is 24.8 Å². The molecule has 0 unspecified atom stereocenters. The number of rotatable bonds is 0. The first-order valence-corrected chi connectivity index (χ1v) is 22.6. The molecule has 0 heterocycles. The second-order valence-corrected chi connectivity index (χ2v) is 22.6. The zero-order valence-corrected chi connectivity index (χ0v) is 31.2. The maximum atomic E-state index is 3.12. The normalized spacial score (nSPS) is 11.6. The van der Waals surface area contributed by atoms with Crippen LogP contribution in [0.15, 0.2) is 120 Å². The Morgan fingerprint density at radius 2 is 0.925 bits per heavy atom. The molecule has 0 N–H and O–H groups in total. The van der Waals surface area contributed by atoms with E-state index in [0.29, 0.717) is 0 Å². The fourth-order valence-electron chi connectivity index (χ4n) is 3.17. The molecule has 40 heavy (non-hydrogen) atoms. The van der Waals surface area contributed by atoms with E-state index >= 15 is 0 Å². The van der Waals surface area contributed by atoms with E-state index in [-0.39, 0.29) is 37.2 Å². The summed E-state index contributed by atoms with van der Waals surface area (Å²) in [5.74, 6) is 0. The van der Waals surface area contributed by atoms with E-state index in [1.165, 1.54) is 32.7 Å². The van der Waals surface area contributed by atoms with Gasteiger partial charge in [-0.1, -0.05) is 26.0 Å². The van der Waals surface area contributed by atoms with Crippen LogP contribution in [-0.2, 0) is 38.3 Å². The van der Waals surface area contributed by atoms with Crippen molar-refractivity contribution < 1.29 is 63.2 Å². The maximum Gasteiger partial charge on any atom is -0.0809 e. The Balaban J connectivity index is 0. The molecule has 2 aliphatic carbocycles. The third-order valence-corrected chi connectivity index (χ3v) is 4.83. The van der Waals surface area contributed by atoms with Crippen LogP contribution >= 0.6 is 0 Å². The Morgan fingerprint density at radius 3 is 1.15 bits per heavy atom. The standard InChI is InChI=1S/2C9H7.2C6H7.2C2H6Si.2ClH.2Ti/c2*1-2-5-9-7-3-6-8(9)4-1;2*1-6-4-2-3-5-6;2*1-3-2;;;;/h2*1-7H;2*2,4H,3H2,1H3;2*1-2H3;2*1H;;/q4*-1;;;;;2*+2/p-2. The molecule has 0 radical (unpaired) electrons. The van der Waals surface area contributed by atoms with Crippen molar-refractivity contribution in [3.63, 3.8) is 0 Å². The van der Waals surface area contributed by atoms with Crippen molar-refractivity contribution in [1.82, 2.24) is 0 Å². The molecule has 4 aromatic carbocycles. The van der Waals surface area contributed by atoms with E-state index in [1.54, 1.807) is 0 Å². The number of allylic oxidation sites excluding steroid dienone is 8. The first-order valence-electron chi connectivity index (χ1n) is 12.9. The molecule has 0 fully saturated rings. The van der Waals surface area contributed by atoms with E-state index in [9.17, 15) is 0 Å². The second kappa shape index (κ2) is 25.7. The van der Waals surface area contributed by atoms with Gasteiger partial charge in [0.1, 0.15) is 0 Å². The largest absolute Gasteiger partial charge is 1.00 e. The van der Waals surface area contributed by atoms with Crippen molar-refractivity contribution in [2.45, 2.75) is 52.9 Å². The first-order chi connectivity index (χ1) is 18.2. The predicted molar refractivity (Wildman–Crippen MR) is 166 cm³/mol. The molecule has 0 saturated heterocycles. The summed E-state index contributed by atoms with van der Waals surface area (Å²) in [6.45, 7) is 13.2. The summed E-state index contributed by atoms with van der Waals surface area (Å²) in [6.07, 6.45) is 16.9. The van der Waals surface area contributed by atoms with Gasteiger partial charge in [0, 0.05) is 0 Å². The summed E-state index contributed by atoms with van der Waals surface area (Å²) < 4.78 is 0. The summed E-state index contributed by atoms with van der Waals surface area (Å²) in [5.41, 5.74) is 2.55. The average molecular weight is 672 g/mol. The van der Waals surface area contributed by atoms with Crippen LogP contribution in [0.4, 0.5) is 0 Å². The molecule has 0 spiro atoms. The average Bonchev–Trinajstić information content (AvgIpc) is 3.67. The van der Waals surface area contributed by atoms with Crippen molar-refractivity contribution in [1.29, 1.82) is 0 Å². The molecule has 0 nitrogen and oxygen atoms in total. The molecule has 0 saturated carbocycles. The zero-order chi connectivity index (χ0) is 28.2. The van der Waals surface area contributed by atoms with Gasteiger partial charge in [-0.15, -0.1) is 72.1 Å². The Morgan fingerprint density at radius 1 is 0.600 bits per heavy atom. The molecule has 0 aromatic heterocycles. The van der Waals surface area contributed by atoms with Gasteiger partial charge in [-0.25, -0.2) is 23.3 Å². The van der Waals surface area contributed by atoms with Gasteiger partial charge in [-0.3, -0.25) is 12.2 Å². The molecule has 0 amide bonds. The molecular weight excluding hydrogens is 631 g/mol. The molecular formula is C34H40Cl2Si2Ti2-2. The molecule has 4 aromatic rings. The van der Waals surface area contributed by atoms with Crippen molar-refractivity contribution in [3.05, 3.63) is 133 Å². The molecule has 2 aliphatic rings. The van der Waals surface area contributed by atoms with E-state index in [4.69, 9.17) is 0 Å². The second-order valence-electron chi connectivity index (χ2n) is 9.24. The van der Waals surface area contributed by atoms with Crippen LogP contribution < -0.4 is 24.8 Å². The van der Waals surface area contributed by atoms with E-state index in [1.807, 2.05) is 0 Å². The van der Waals surface area contributed by atoms with Gasteiger partial charge in [-0.2, -0.15) is 47.2 Å². The van der Waals surface area contributed by atoms with Crippen molar-refractivity contribution in [2.75, 3.05) is 0 Å². The van der Waals surface area contributed by atoms with Gasteiger partial charge >= 0.3 is 76.9 Å². The van der Waals surface area contributed by atoms with E-state index in [0.717, 1.165) is 12.8 Å². The van der Waals surface area contributed by atoms with Crippen molar-refractivity contribution >= 4 is 33.9 Å². The number of halogens is 2. The van der Waals surface area contributed by atoms with Gasteiger partial charge in [-0.05, 0) is 0 Å². The Hall–Kier alpha value is -0.938. The van der Waals surface area contributed by atoms with Gasteiger partial charge in [0.2, 0.25) is 0 Å². The fraction of sp³-hybridized carbons (Fsp3) is 0.235. The molecule has 6 rings (SSSR count). The molecule has 0 aliphatic heterocycles. The summed E-state index contributed by atoms with van der Waals surface area (Å²) in [7, 11) is 0. The summed E-state index contributed by atoms with van der Waals surface area (Å²) in [6, 6.07) is 29.3. The van der Waals surface area contributed by atoms with Gasteiger partial charge in [0.05, 0.1) is 0 Å². The molecule has 208 valence electrons. The molecule has 0 atom stereocenters. The first kappa shape index (κ1) is 41.2. The van der Waals surface area contributed by atoms with Crippen LogP contribution in [0.1, 0.15) is 26.7 Å². The van der Waals surface area contributed by atoms with Crippen LogP contribution in [0.25, 0.3) is 21.5 Å². The van der Waals surface area contributed by atoms with Crippen LogP contribution in [0.5, 0.6) is 0 Å². The zero-order valence-electron chi connectivity index (χ0n) is 24.6. The Kier molecular flexibility index (Phi) is 26.5. The fourth-order valence-corrected chi connectivity index (χ4v) is 3.17. The van der Waals surface area contributed by atoms with Gasteiger partial charge in [0.15, 0.2) is 0 Å². The van der Waals surface area contributed by atoms with Crippen LogP contribution in [0.2, 0.25) is 26.2 Å². The quantitative estimate of drug-likeness (QED) is 0.196. The number of hydrogen-bond acceptors (Lipinski definition) is 0. The number of fused-ring (bicyclic) bond motifs is 2. The monoisotopic (exact) mass is 670 g/mol. The summed E-state index contributed by atoms with van der Waals surface area (Å²) in [5, 5.41) is 5.32. The van der Waals surface area contributed by atoms with Crippen molar-refractivity contribution in [3.8, 4) is 0 Å². The van der Waals surface area contributed by atoms with Crippen LogP contribution in [-0.4, -0.2) is 12.4 Å². The summed E-state index contributed by atoms with van der Waals surface area (Å²) >= 11 is 4.54. The summed E-state index contributed by atoms with van der Waals surface area (Å²) in [4.78, 5) is 0. The van der Waals surface area contributed by atoms with Crippen LogP contribution in [0, 0.1) is 12.2 Å². The molecule has 0 bridgehead atoms. The van der Waals surface area contributed by atoms with Crippen LogP contribution in [0.3, 0.4) is 0 Å². The minimum absolute atomic E-state index is 0. The van der Waals surface area contributed by atoms with E-state index < -0.39 is 0 Å². The third kappa shape index (κ3) is 21.8. The number of hydrogen-bond donors (Lipinski definition) is 0. The topological polar surface area (TPSA) is 0 Å². The Labute approximate surface area is 280 Å². The Bertz CT molecular complexity index is 1190. The van der Waals surface area contributed by atoms with E-state index in [2.05, 4.69) is 200 Å². The minimum atomic E-state index is 0. The maximum absolute atomic E-state index is 3.12. The minimum Gasteiger partial charge on any atom is -1.00 e. The third-order valence-electron chi connectivity index (χ3n) is 4.83. The SMILES string of the molecule is CC1=[C-]CC=C1.CC1=[C-]CC=C1.C[Si](C)=[Ti+2].C[Si](C)=[Ti+2].[Cl-].[Cl-].c1ccc2[cH-]ccc2c1.c1ccc2[cH-]ccc2c1. The smallest absolute Gasteiger partial charge is 0.0809 e. The van der Waals surface area contributed by atoms with Gasteiger partial charge in [0.25, 0.3) is 0 Å². The number of benzene rings is 2. The molecule has 6 heteroatoms. The van der Waals surface area contributed by atoms with Crippen molar-refractivity contribution in [2.24, 2.45) is 0 Å². The predicted octanol–water partition coefficient (Wildman–Crippen LogP) is 4.09.